The van der Waals surface area contributed by atoms with Gasteiger partial charge in [-0.25, -0.2) is 0 Å². The van der Waals surface area contributed by atoms with E-state index in [9.17, 15) is 0 Å². The van der Waals surface area contributed by atoms with Crippen molar-refractivity contribution in [1.29, 1.82) is 0 Å². The van der Waals surface area contributed by atoms with E-state index in [2.05, 4.69) is 29.7 Å². The molecule has 0 saturated heterocycles. The molecule has 0 aliphatic carbocycles. The number of benzene rings is 2. The molecule has 104 valence electrons. The molecule has 0 bridgehead atoms. The zero-order chi connectivity index (χ0) is 14.5. The van der Waals surface area contributed by atoms with E-state index in [1.54, 1.807) is 0 Å². The minimum atomic E-state index is 0.550. The second-order valence-electron chi connectivity index (χ2n) is 4.59. The van der Waals surface area contributed by atoms with Crippen molar-refractivity contribution in [3.8, 4) is 0 Å². The highest BCUT2D eigenvalue weighted by Gasteiger charge is 2.01. The van der Waals surface area contributed by atoms with Gasteiger partial charge in [0, 0.05) is 16.4 Å². The topological polar surface area (TPSA) is 24.1 Å². The standard InChI is InChI=1S/C16H17ClN2S/c1-3-12-5-8-13(9-6-12)18-16(20)19-14-7-4-11(2)15(17)10-14/h4-10H,3H2,1-2H3,(H2,18,19,20). The summed E-state index contributed by atoms with van der Waals surface area (Å²) in [4.78, 5) is 0. The van der Waals surface area contributed by atoms with Gasteiger partial charge in [0.1, 0.15) is 0 Å². The largest absolute Gasteiger partial charge is 0.332 e. The molecule has 4 heteroatoms. The van der Waals surface area contributed by atoms with Crippen LogP contribution in [0.25, 0.3) is 0 Å². The van der Waals surface area contributed by atoms with Crippen molar-refractivity contribution in [1.82, 2.24) is 0 Å². The van der Waals surface area contributed by atoms with E-state index in [-0.39, 0.29) is 0 Å². The second-order valence-corrected chi connectivity index (χ2v) is 5.41. The fourth-order valence-corrected chi connectivity index (χ4v) is 2.20. The highest BCUT2D eigenvalue weighted by molar-refractivity contribution is 7.80. The molecule has 0 radical (unpaired) electrons. The molecule has 0 saturated carbocycles. The molecule has 20 heavy (non-hydrogen) atoms. The van der Waals surface area contributed by atoms with Crippen LogP contribution in [0.1, 0.15) is 18.1 Å². The molecule has 0 fully saturated rings. The Balaban J connectivity index is 1.99. The maximum atomic E-state index is 6.09. The van der Waals surface area contributed by atoms with Gasteiger partial charge in [-0.05, 0) is 61.0 Å². The van der Waals surface area contributed by atoms with Gasteiger partial charge in [-0.2, -0.15) is 0 Å². The number of anilines is 2. The van der Waals surface area contributed by atoms with E-state index in [0.717, 1.165) is 28.4 Å². The van der Waals surface area contributed by atoms with Crippen molar-refractivity contribution in [3.63, 3.8) is 0 Å². The first-order valence-electron chi connectivity index (χ1n) is 6.51. The lowest BCUT2D eigenvalue weighted by atomic mass is 10.1. The Kier molecular flexibility index (Phi) is 4.99. The zero-order valence-corrected chi connectivity index (χ0v) is 13.1. The number of aryl methyl sites for hydroxylation is 2. The quantitative estimate of drug-likeness (QED) is 0.779. The molecule has 0 heterocycles. The van der Waals surface area contributed by atoms with E-state index in [4.69, 9.17) is 23.8 Å². The van der Waals surface area contributed by atoms with Crippen molar-refractivity contribution < 1.29 is 0 Å². The van der Waals surface area contributed by atoms with Crippen molar-refractivity contribution in [2.45, 2.75) is 20.3 Å². The Morgan fingerprint density at radius 1 is 1.05 bits per heavy atom. The predicted molar refractivity (Wildman–Crippen MR) is 91.9 cm³/mol. The summed E-state index contributed by atoms with van der Waals surface area (Å²) in [6, 6.07) is 14.0. The van der Waals surface area contributed by atoms with Gasteiger partial charge in [-0.1, -0.05) is 36.7 Å². The van der Waals surface area contributed by atoms with Gasteiger partial charge in [-0.15, -0.1) is 0 Å². The van der Waals surface area contributed by atoms with Gasteiger partial charge >= 0.3 is 0 Å². The first-order chi connectivity index (χ1) is 9.58. The molecule has 2 N–H and O–H groups in total. The molecule has 0 unspecified atom stereocenters. The fourth-order valence-electron chi connectivity index (χ4n) is 1.79. The van der Waals surface area contributed by atoms with E-state index >= 15 is 0 Å². The van der Waals surface area contributed by atoms with E-state index in [1.807, 2.05) is 37.3 Å². The summed E-state index contributed by atoms with van der Waals surface area (Å²) in [5, 5.41) is 7.55. The monoisotopic (exact) mass is 304 g/mol. The first-order valence-corrected chi connectivity index (χ1v) is 7.30. The lowest BCUT2D eigenvalue weighted by molar-refractivity contribution is 1.14. The number of thiocarbonyl (C=S) groups is 1. The smallest absolute Gasteiger partial charge is 0.175 e. The molecule has 0 atom stereocenters. The van der Waals surface area contributed by atoms with Crippen LogP contribution in [-0.4, -0.2) is 5.11 Å². The van der Waals surface area contributed by atoms with Gasteiger partial charge in [-0.3, -0.25) is 0 Å². The highest BCUT2D eigenvalue weighted by Crippen LogP contribution is 2.20. The number of rotatable bonds is 3. The van der Waals surface area contributed by atoms with E-state index in [1.165, 1.54) is 5.56 Å². The first kappa shape index (κ1) is 14.8. The van der Waals surface area contributed by atoms with Crippen LogP contribution in [0.15, 0.2) is 42.5 Å². The second kappa shape index (κ2) is 6.73. The fraction of sp³-hybridized carbons (Fsp3) is 0.188. The molecule has 2 aromatic rings. The maximum Gasteiger partial charge on any atom is 0.175 e. The van der Waals surface area contributed by atoms with Crippen LogP contribution in [0.5, 0.6) is 0 Å². The van der Waals surface area contributed by atoms with Crippen molar-refractivity contribution in [3.05, 3.63) is 58.6 Å². The minimum Gasteiger partial charge on any atom is -0.332 e. The number of nitrogens with one attached hydrogen (secondary N) is 2. The molecule has 0 spiro atoms. The third kappa shape index (κ3) is 3.95. The normalized spacial score (nSPS) is 10.2. The summed E-state index contributed by atoms with van der Waals surface area (Å²) < 4.78 is 0. The average Bonchev–Trinajstić information content (AvgIpc) is 2.44. The molecular formula is C16H17ClN2S. The van der Waals surface area contributed by atoms with Crippen LogP contribution in [0.3, 0.4) is 0 Å². The molecule has 2 aromatic carbocycles. The van der Waals surface area contributed by atoms with Crippen LogP contribution in [-0.2, 0) is 6.42 Å². The lowest BCUT2D eigenvalue weighted by Crippen LogP contribution is -2.19. The van der Waals surface area contributed by atoms with Crippen molar-refractivity contribution in [2.24, 2.45) is 0 Å². The van der Waals surface area contributed by atoms with Gasteiger partial charge < -0.3 is 10.6 Å². The van der Waals surface area contributed by atoms with Crippen LogP contribution in [0.4, 0.5) is 11.4 Å². The number of halogens is 1. The van der Waals surface area contributed by atoms with Crippen LogP contribution in [0, 0.1) is 6.92 Å². The lowest BCUT2D eigenvalue weighted by Gasteiger charge is -2.11. The molecular weight excluding hydrogens is 288 g/mol. The van der Waals surface area contributed by atoms with E-state index in [0.29, 0.717) is 5.11 Å². The molecule has 0 aliphatic heterocycles. The number of hydrogen-bond donors (Lipinski definition) is 2. The average molecular weight is 305 g/mol. The van der Waals surface area contributed by atoms with Gasteiger partial charge in [0.25, 0.3) is 0 Å². The van der Waals surface area contributed by atoms with Crippen LogP contribution < -0.4 is 10.6 Å². The molecule has 0 aromatic heterocycles. The molecule has 0 aliphatic rings. The summed E-state index contributed by atoms with van der Waals surface area (Å²) in [5.41, 5.74) is 4.20. The SMILES string of the molecule is CCc1ccc(NC(=S)Nc2ccc(C)c(Cl)c2)cc1. The van der Waals surface area contributed by atoms with Crippen LogP contribution in [0.2, 0.25) is 5.02 Å². The maximum absolute atomic E-state index is 6.09. The summed E-state index contributed by atoms with van der Waals surface area (Å²) in [5.74, 6) is 0. The van der Waals surface area contributed by atoms with Crippen molar-refractivity contribution in [2.75, 3.05) is 10.6 Å². The Bertz CT molecular complexity index is 608. The molecule has 0 amide bonds. The minimum absolute atomic E-state index is 0.550. The van der Waals surface area contributed by atoms with Gasteiger partial charge in [0.05, 0.1) is 0 Å². The molecule has 2 nitrogen and oxygen atoms in total. The Morgan fingerprint density at radius 2 is 1.65 bits per heavy atom. The zero-order valence-electron chi connectivity index (χ0n) is 11.5. The third-order valence-electron chi connectivity index (χ3n) is 3.05. The summed E-state index contributed by atoms with van der Waals surface area (Å²) >= 11 is 11.4. The summed E-state index contributed by atoms with van der Waals surface area (Å²) in [6.07, 6.45) is 1.03. The Labute approximate surface area is 130 Å². The Morgan fingerprint density at radius 3 is 2.25 bits per heavy atom. The van der Waals surface area contributed by atoms with Crippen LogP contribution >= 0.6 is 23.8 Å². The summed E-state index contributed by atoms with van der Waals surface area (Å²) in [6.45, 7) is 4.10. The van der Waals surface area contributed by atoms with Gasteiger partial charge in [0.2, 0.25) is 0 Å². The predicted octanol–water partition coefficient (Wildman–Crippen LogP) is 5.02. The third-order valence-corrected chi connectivity index (χ3v) is 3.66. The van der Waals surface area contributed by atoms with Gasteiger partial charge in [0.15, 0.2) is 5.11 Å². The highest BCUT2D eigenvalue weighted by atomic mass is 35.5. The summed E-state index contributed by atoms with van der Waals surface area (Å²) in [7, 11) is 0. The van der Waals surface area contributed by atoms with E-state index < -0.39 is 0 Å². The molecule has 2 rings (SSSR count). The van der Waals surface area contributed by atoms with Crippen molar-refractivity contribution >= 4 is 40.3 Å². The Hall–Kier alpha value is -1.58. The number of hydrogen-bond acceptors (Lipinski definition) is 1.